The van der Waals surface area contributed by atoms with Gasteiger partial charge >= 0.3 is 5.97 Å². The van der Waals surface area contributed by atoms with Crippen LogP contribution in [-0.2, 0) is 4.79 Å². The molecule has 36 heavy (non-hydrogen) atoms. The molecular formula is C29H21NO6. The molecule has 3 aromatic carbocycles. The Bertz CT molecular complexity index is 1660. The molecule has 2 aliphatic heterocycles. The number of carbonyl (C=O) groups is 2. The van der Waals surface area contributed by atoms with Crippen molar-refractivity contribution in [2.24, 2.45) is 0 Å². The second-order valence-corrected chi connectivity index (χ2v) is 8.89. The molecule has 178 valence electrons. The van der Waals surface area contributed by atoms with Gasteiger partial charge in [-0.3, -0.25) is 14.4 Å². The number of para-hydroxylation sites is 1. The number of pyridine rings is 1. The summed E-state index contributed by atoms with van der Waals surface area (Å²) in [5.74, 6) is 0.112. The number of ketones is 1. The van der Waals surface area contributed by atoms with E-state index in [-0.39, 0.29) is 29.3 Å². The standard InChI is InChI=1S/C29H21NO6/c1-15-4-3-5-17-13-21(29(33)30-26(15)17)20-14-24(31)35-22-11-10-19-27(32)23(36-28(19)25(20)22)12-16-6-8-18(34-2)9-7-16/h3-13,20H,14H2,1-2H3,(H,30,33)/b23-12+/t20-/m1/s1. The fourth-order valence-electron chi connectivity index (χ4n) is 4.88. The molecule has 1 N–H and O–H groups in total. The highest BCUT2D eigenvalue weighted by Crippen LogP contribution is 2.48. The summed E-state index contributed by atoms with van der Waals surface area (Å²) in [6.07, 6.45) is 1.61. The van der Waals surface area contributed by atoms with Crippen molar-refractivity contribution in [2.45, 2.75) is 19.3 Å². The topological polar surface area (TPSA) is 94.7 Å². The third kappa shape index (κ3) is 3.48. The van der Waals surface area contributed by atoms with Crippen LogP contribution in [0, 0.1) is 6.92 Å². The monoisotopic (exact) mass is 479 g/mol. The van der Waals surface area contributed by atoms with E-state index in [1.165, 1.54) is 0 Å². The molecule has 0 amide bonds. The summed E-state index contributed by atoms with van der Waals surface area (Å²) in [6, 6.07) is 18.0. The molecule has 2 aliphatic rings. The van der Waals surface area contributed by atoms with E-state index in [1.54, 1.807) is 43.5 Å². The van der Waals surface area contributed by atoms with E-state index >= 15 is 0 Å². The van der Waals surface area contributed by atoms with Crippen LogP contribution in [0.2, 0.25) is 0 Å². The Balaban J connectivity index is 1.48. The Labute approximate surface area is 205 Å². The fourth-order valence-corrected chi connectivity index (χ4v) is 4.88. The van der Waals surface area contributed by atoms with E-state index in [0.29, 0.717) is 28.2 Å². The highest BCUT2D eigenvalue weighted by Gasteiger charge is 2.39. The quantitative estimate of drug-likeness (QED) is 0.255. The van der Waals surface area contributed by atoms with Crippen LogP contribution in [0.5, 0.6) is 17.2 Å². The summed E-state index contributed by atoms with van der Waals surface area (Å²) < 4.78 is 16.8. The van der Waals surface area contributed by atoms with Crippen molar-refractivity contribution < 1.29 is 23.8 Å². The van der Waals surface area contributed by atoms with E-state index in [0.717, 1.165) is 22.0 Å². The lowest BCUT2D eigenvalue weighted by molar-refractivity contribution is -0.135. The van der Waals surface area contributed by atoms with Crippen molar-refractivity contribution in [3.63, 3.8) is 0 Å². The van der Waals surface area contributed by atoms with E-state index in [4.69, 9.17) is 14.2 Å². The lowest BCUT2D eigenvalue weighted by Crippen LogP contribution is -2.26. The summed E-state index contributed by atoms with van der Waals surface area (Å²) in [6.45, 7) is 1.92. The van der Waals surface area contributed by atoms with Gasteiger partial charge < -0.3 is 19.2 Å². The van der Waals surface area contributed by atoms with Gasteiger partial charge in [-0.1, -0.05) is 30.3 Å². The molecule has 0 saturated heterocycles. The number of ether oxygens (including phenoxy) is 3. The summed E-state index contributed by atoms with van der Waals surface area (Å²) >= 11 is 0. The van der Waals surface area contributed by atoms with Crippen LogP contribution >= 0.6 is 0 Å². The Kier molecular flexibility index (Phi) is 5.00. The van der Waals surface area contributed by atoms with Gasteiger partial charge in [0.2, 0.25) is 5.78 Å². The Hall–Kier alpha value is -4.65. The van der Waals surface area contributed by atoms with Crippen LogP contribution in [0.3, 0.4) is 0 Å². The number of fused-ring (bicyclic) bond motifs is 4. The second kappa shape index (κ2) is 8.23. The zero-order valence-electron chi connectivity index (χ0n) is 19.6. The van der Waals surface area contributed by atoms with Crippen molar-refractivity contribution in [1.82, 2.24) is 4.98 Å². The minimum absolute atomic E-state index is 0.0427. The molecule has 1 aromatic heterocycles. The predicted molar refractivity (Wildman–Crippen MR) is 134 cm³/mol. The molecule has 6 rings (SSSR count). The molecule has 7 heteroatoms. The van der Waals surface area contributed by atoms with Crippen LogP contribution in [-0.4, -0.2) is 23.8 Å². The highest BCUT2D eigenvalue weighted by atomic mass is 16.5. The molecule has 3 heterocycles. The van der Waals surface area contributed by atoms with E-state index in [2.05, 4.69) is 4.98 Å². The van der Waals surface area contributed by atoms with Gasteiger partial charge in [-0.2, -0.15) is 0 Å². The van der Waals surface area contributed by atoms with Gasteiger partial charge in [-0.25, -0.2) is 0 Å². The number of methoxy groups -OCH3 is 1. The number of aromatic amines is 1. The number of rotatable bonds is 3. The number of carbonyl (C=O) groups excluding carboxylic acids is 2. The molecule has 7 nitrogen and oxygen atoms in total. The van der Waals surface area contributed by atoms with Gasteiger partial charge in [-0.05, 0) is 59.8 Å². The van der Waals surface area contributed by atoms with Crippen LogP contribution in [0.1, 0.15) is 45.0 Å². The van der Waals surface area contributed by atoms with Crippen molar-refractivity contribution in [2.75, 3.05) is 7.11 Å². The zero-order chi connectivity index (χ0) is 25.0. The number of H-pyrrole nitrogens is 1. The summed E-state index contributed by atoms with van der Waals surface area (Å²) in [5, 5.41) is 0.856. The number of aryl methyl sites for hydroxylation is 1. The third-order valence-electron chi connectivity index (χ3n) is 6.69. The number of aromatic nitrogens is 1. The lowest BCUT2D eigenvalue weighted by atomic mass is 9.84. The van der Waals surface area contributed by atoms with Crippen molar-refractivity contribution in [3.8, 4) is 17.2 Å². The third-order valence-corrected chi connectivity index (χ3v) is 6.69. The Morgan fingerprint density at radius 1 is 1.00 bits per heavy atom. The number of benzene rings is 3. The van der Waals surface area contributed by atoms with Gasteiger partial charge in [-0.15, -0.1) is 0 Å². The van der Waals surface area contributed by atoms with Crippen LogP contribution in [0.25, 0.3) is 17.0 Å². The normalized spacial score (nSPS) is 17.5. The lowest BCUT2D eigenvalue weighted by Gasteiger charge is -2.26. The smallest absolute Gasteiger partial charge is 0.312 e. The molecule has 0 aliphatic carbocycles. The minimum atomic E-state index is -0.627. The number of nitrogens with one attached hydrogen (secondary N) is 1. The second-order valence-electron chi connectivity index (χ2n) is 8.89. The van der Waals surface area contributed by atoms with Crippen molar-refractivity contribution in [1.29, 1.82) is 0 Å². The number of hydrogen-bond acceptors (Lipinski definition) is 6. The summed E-state index contributed by atoms with van der Waals surface area (Å²) in [5.41, 5.74) is 3.48. The fraction of sp³-hybridized carbons (Fsp3) is 0.138. The molecule has 0 saturated carbocycles. The molecular weight excluding hydrogens is 458 g/mol. The van der Waals surface area contributed by atoms with E-state index < -0.39 is 11.9 Å². The van der Waals surface area contributed by atoms with Gasteiger partial charge in [0, 0.05) is 17.0 Å². The largest absolute Gasteiger partial charge is 0.497 e. The highest BCUT2D eigenvalue weighted by molar-refractivity contribution is 6.15. The summed E-state index contributed by atoms with van der Waals surface area (Å²) in [7, 11) is 1.59. The first-order chi connectivity index (χ1) is 17.4. The predicted octanol–water partition coefficient (Wildman–Crippen LogP) is 4.90. The molecule has 0 bridgehead atoms. The minimum Gasteiger partial charge on any atom is -0.497 e. The average molecular weight is 479 g/mol. The molecule has 0 spiro atoms. The number of hydrogen-bond donors (Lipinski definition) is 1. The van der Waals surface area contributed by atoms with Crippen LogP contribution in [0.4, 0.5) is 0 Å². The van der Waals surface area contributed by atoms with E-state index in [1.807, 2.05) is 37.3 Å². The van der Waals surface area contributed by atoms with Crippen LogP contribution in [0.15, 0.2) is 71.2 Å². The van der Waals surface area contributed by atoms with Gasteiger partial charge in [0.1, 0.15) is 17.2 Å². The number of esters is 1. The maximum absolute atomic E-state index is 13.2. The maximum atomic E-state index is 13.2. The maximum Gasteiger partial charge on any atom is 0.312 e. The van der Waals surface area contributed by atoms with Crippen molar-refractivity contribution in [3.05, 3.63) is 105 Å². The number of allylic oxidation sites excluding steroid dienone is 1. The van der Waals surface area contributed by atoms with Crippen molar-refractivity contribution >= 4 is 28.7 Å². The van der Waals surface area contributed by atoms with Crippen LogP contribution < -0.4 is 19.8 Å². The average Bonchev–Trinajstić information content (AvgIpc) is 3.19. The van der Waals surface area contributed by atoms with Gasteiger partial charge in [0.05, 0.1) is 24.6 Å². The molecule has 4 aromatic rings. The Morgan fingerprint density at radius 2 is 1.81 bits per heavy atom. The number of Topliss-reactive ketones (excluding diaryl/α,β-unsaturated/α-hetero) is 1. The molecule has 0 unspecified atom stereocenters. The van der Waals surface area contributed by atoms with Gasteiger partial charge in [0.25, 0.3) is 5.56 Å². The molecule has 1 atom stereocenters. The summed E-state index contributed by atoms with van der Waals surface area (Å²) in [4.78, 5) is 41.8. The molecule has 0 radical (unpaired) electrons. The van der Waals surface area contributed by atoms with E-state index in [9.17, 15) is 14.4 Å². The first kappa shape index (κ1) is 21.9. The van der Waals surface area contributed by atoms with Gasteiger partial charge in [0.15, 0.2) is 5.76 Å². The first-order valence-electron chi connectivity index (χ1n) is 11.5. The SMILES string of the molecule is COc1ccc(/C=C2/Oc3c(ccc4c3[C@@H](c3cc5cccc(C)c5[nH]c3=O)CC(=O)O4)C2=O)cc1. The first-order valence-corrected chi connectivity index (χ1v) is 11.5. The zero-order valence-corrected chi connectivity index (χ0v) is 19.6. The Morgan fingerprint density at radius 3 is 2.58 bits per heavy atom. The molecule has 0 fully saturated rings.